The van der Waals surface area contributed by atoms with Gasteiger partial charge in [-0.15, -0.1) is 0 Å². The van der Waals surface area contributed by atoms with Gasteiger partial charge in [-0.05, 0) is 49.8 Å². The maximum Gasteiger partial charge on any atom is 0.338 e. The SMILES string of the molecule is CCOC(=O)c1ccc(C2=C(C)[Si](C)(C)OC2=O)cc1. The summed E-state index contributed by atoms with van der Waals surface area (Å²) < 4.78 is 10.4. The summed E-state index contributed by atoms with van der Waals surface area (Å²) in [7, 11) is -2.06. The highest BCUT2D eigenvalue weighted by atomic mass is 28.4. The van der Waals surface area contributed by atoms with Crippen molar-refractivity contribution in [3.63, 3.8) is 0 Å². The summed E-state index contributed by atoms with van der Waals surface area (Å²) in [5, 5.41) is 1.03. The van der Waals surface area contributed by atoms with E-state index >= 15 is 0 Å². The molecule has 0 aliphatic carbocycles. The fourth-order valence-corrected chi connectivity index (χ4v) is 3.70. The van der Waals surface area contributed by atoms with Gasteiger partial charge in [0.2, 0.25) is 0 Å². The first-order valence-electron chi connectivity index (χ1n) is 6.59. The Morgan fingerprint density at radius 3 is 2.30 bits per heavy atom. The topological polar surface area (TPSA) is 52.6 Å². The lowest BCUT2D eigenvalue weighted by Crippen LogP contribution is -2.28. The minimum Gasteiger partial charge on any atom is -0.512 e. The van der Waals surface area contributed by atoms with E-state index in [4.69, 9.17) is 9.16 Å². The molecule has 1 aromatic carbocycles. The number of rotatable bonds is 3. The fraction of sp³-hybridized carbons (Fsp3) is 0.333. The van der Waals surface area contributed by atoms with E-state index in [0.29, 0.717) is 17.7 Å². The molecule has 20 heavy (non-hydrogen) atoms. The van der Waals surface area contributed by atoms with Crippen LogP contribution in [0.15, 0.2) is 29.5 Å². The second kappa shape index (κ2) is 5.24. The van der Waals surface area contributed by atoms with Crippen molar-refractivity contribution in [1.29, 1.82) is 0 Å². The summed E-state index contributed by atoms with van der Waals surface area (Å²) in [6.07, 6.45) is 0. The van der Waals surface area contributed by atoms with Crippen LogP contribution in [-0.2, 0) is 14.0 Å². The molecule has 106 valence electrons. The number of carbonyl (C=O) groups is 2. The molecule has 0 aromatic heterocycles. The van der Waals surface area contributed by atoms with Gasteiger partial charge in [0.25, 0.3) is 8.32 Å². The number of benzene rings is 1. The van der Waals surface area contributed by atoms with Crippen LogP contribution in [0.1, 0.15) is 29.8 Å². The molecule has 0 radical (unpaired) electrons. The lowest BCUT2D eigenvalue weighted by Gasteiger charge is -2.14. The predicted octanol–water partition coefficient (Wildman–Crippen LogP) is 2.94. The summed E-state index contributed by atoms with van der Waals surface area (Å²) in [6.45, 7) is 8.06. The Balaban J connectivity index is 2.34. The van der Waals surface area contributed by atoms with Crippen LogP contribution in [0.4, 0.5) is 0 Å². The zero-order chi connectivity index (χ0) is 14.9. The largest absolute Gasteiger partial charge is 0.512 e. The summed E-state index contributed by atoms with van der Waals surface area (Å²) in [4.78, 5) is 23.6. The first-order chi connectivity index (χ1) is 9.36. The second-order valence-electron chi connectivity index (χ2n) is 5.20. The normalized spacial score (nSPS) is 17.1. The van der Waals surface area contributed by atoms with Crippen LogP contribution < -0.4 is 0 Å². The average molecular weight is 290 g/mol. The minimum atomic E-state index is -2.06. The maximum absolute atomic E-state index is 12.0. The number of hydrogen-bond acceptors (Lipinski definition) is 4. The average Bonchev–Trinajstić information content (AvgIpc) is 2.59. The van der Waals surface area contributed by atoms with E-state index in [2.05, 4.69) is 0 Å². The molecule has 1 aliphatic heterocycles. The number of hydrogen-bond donors (Lipinski definition) is 0. The van der Waals surface area contributed by atoms with Crippen molar-refractivity contribution in [1.82, 2.24) is 0 Å². The molecule has 2 rings (SSSR count). The highest BCUT2D eigenvalue weighted by Gasteiger charge is 2.40. The number of esters is 1. The van der Waals surface area contributed by atoms with E-state index in [0.717, 1.165) is 10.8 Å². The molecular formula is C15H18O4Si. The summed E-state index contributed by atoms with van der Waals surface area (Å²) in [6, 6.07) is 6.88. The Labute approximate surface area is 119 Å². The number of carbonyl (C=O) groups excluding carboxylic acids is 2. The van der Waals surface area contributed by atoms with Crippen LogP contribution in [0, 0.1) is 0 Å². The Morgan fingerprint density at radius 1 is 1.25 bits per heavy atom. The predicted molar refractivity (Wildman–Crippen MR) is 78.6 cm³/mol. The minimum absolute atomic E-state index is 0.261. The Morgan fingerprint density at radius 2 is 1.85 bits per heavy atom. The van der Waals surface area contributed by atoms with Gasteiger partial charge >= 0.3 is 11.9 Å². The molecule has 0 atom stereocenters. The molecule has 0 spiro atoms. The molecule has 1 aromatic rings. The Hall–Kier alpha value is -1.88. The van der Waals surface area contributed by atoms with Crippen LogP contribution in [0.3, 0.4) is 0 Å². The smallest absolute Gasteiger partial charge is 0.338 e. The molecule has 0 N–H and O–H groups in total. The molecule has 0 saturated heterocycles. The lowest BCUT2D eigenvalue weighted by atomic mass is 10.0. The monoisotopic (exact) mass is 290 g/mol. The van der Waals surface area contributed by atoms with Crippen molar-refractivity contribution in [3.05, 3.63) is 40.6 Å². The molecule has 0 bridgehead atoms. The molecule has 0 amide bonds. The van der Waals surface area contributed by atoms with Crippen molar-refractivity contribution >= 4 is 25.8 Å². The summed E-state index contributed by atoms with van der Waals surface area (Å²) in [5.74, 6) is -0.614. The van der Waals surface area contributed by atoms with Crippen molar-refractivity contribution < 1.29 is 18.8 Å². The summed E-state index contributed by atoms with van der Waals surface area (Å²) >= 11 is 0. The molecule has 4 nitrogen and oxygen atoms in total. The van der Waals surface area contributed by atoms with Gasteiger partial charge in [-0.25, -0.2) is 9.59 Å². The van der Waals surface area contributed by atoms with Crippen molar-refractivity contribution in [3.8, 4) is 0 Å². The van der Waals surface area contributed by atoms with Crippen molar-refractivity contribution in [2.24, 2.45) is 0 Å². The molecule has 5 heteroatoms. The third-order valence-electron chi connectivity index (χ3n) is 3.51. The van der Waals surface area contributed by atoms with E-state index in [9.17, 15) is 9.59 Å². The number of allylic oxidation sites excluding steroid dienone is 1. The first kappa shape index (κ1) is 14.5. The quantitative estimate of drug-likeness (QED) is 0.634. The standard InChI is InChI=1S/C15H18O4Si/c1-5-18-14(16)12-8-6-11(7-9-12)13-10(2)20(3,4)19-15(13)17/h6-9H,5H2,1-4H3. The van der Waals surface area contributed by atoms with E-state index in [-0.39, 0.29) is 11.9 Å². The van der Waals surface area contributed by atoms with Crippen LogP contribution in [0.2, 0.25) is 13.1 Å². The third-order valence-corrected chi connectivity index (χ3v) is 6.27. The highest BCUT2D eigenvalue weighted by Crippen LogP contribution is 2.34. The highest BCUT2D eigenvalue weighted by molar-refractivity contribution is 6.84. The lowest BCUT2D eigenvalue weighted by molar-refractivity contribution is -0.127. The van der Waals surface area contributed by atoms with Crippen molar-refractivity contribution in [2.75, 3.05) is 6.61 Å². The van der Waals surface area contributed by atoms with E-state index < -0.39 is 8.32 Å². The van der Waals surface area contributed by atoms with Gasteiger partial charge in [-0.3, -0.25) is 0 Å². The zero-order valence-corrected chi connectivity index (χ0v) is 13.1. The molecule has 0 fully saturated rings. The van der Waals surface area contributed by atoms with Gasteiger partial charge in [0.05, 0.1) is 17.7 Å². The van der Waals surface area contributed by atoms with Gasteiger partial charge in [0.15, 0.2) is 0 Å². The van der Waals surface area contributed by atoms with Gasteiger partial charge in [-0.1, -0.05) is 12.1 Å². The van der Waals surface area contributed by atoms with Gasteiger partial charge < -0.3 is 9.16 Å². The van der Waals surface area contributed by atoms with Crippen LogP contribution in [0.25, 0.3) is 5.57 Å². The molecule has 1 heterocycles. The second-order valence-corrected chi connectivity index (χ2v) is 9.17. The Bertz CT molecular complexity index is 584. The van der Waals surface area contributed by atoms with Gasteiger partial charge in [0.1, 0.15) is 0 Å². The van der Waals surface area contributed by atoms with E-state index in [1.54, 1.807) is 31.2 Å². The van der Waals surface area contributed by atoms with Crippen molar-refractivity contribution in [2.45, 2.75) is 26.9 Å². The number of ether oxygens (including phenoxy) is 1. The molecule has 0 saturated carbocycles. The van der Waals surface area contributed by atoms with E-state index in [1.807, 2.05) is 20.0 Å². The van der Waals surface area contributed by atoms with Crippen LogP contribution in [-0.4, -0.2) is 26.9 Å². The van der Waals surface area contributed by atoms with Gasteiger partial charge in [-0.2, -0.15) is 0 Å². The fourth-order valence-electron chi connectivity index (χ4n) is 2.14. The van der Waals surface area contributed by atoms with Crippen LogP contribution in [0.5, 0.6) is 0 Å². The maximum atomic E-state index is 12.0. The molecular weight excluding hydrogens is 272 g/mol. The molecule has 0 unspecified atom stereocenters. The first-order valence-corrected chi connectivity index (χ1v) is 9.50. The van der Waals surface area contributed by atoms with E-state index in [1.165, 1.54) is 0 Å². The third kappa shape index (κ3) is 2.53. The van der Waals surface area contributed by atoms with Crippen LogP contribution >= 0.6 is 0 Å². The Kier molecular flexibility index (Phi) is 3.81. The summed E-state index contributed by atoms with van der Waals surface area (Å²) in [5.41, 5.74) is 1.91. The molecule has 1 aliphatic rings. The van der Waals surface area contributed by atoms with Gasteiger partial charge in [0, 0.05) is 0 Å². The zero-order valence-electron chi connectivity index (χ0n) is 12.1.